The molecule has 0 bridgehead atoms. The molecule has 1 amide bonds. The first-order chi connectivity index (χ1) is 10.2. The number of H-pyrrole nitrogens is 1. The quantitative estimate of drug-likeness (QED) is 0.314. The van der Waals surface area contributed by atoms with Crippen LogP contribution in [-0.4, -0.2) is 57.7 Å². The second kappa shape index (κ2) is 6.32. The number of imidazole rings is 1. The van der Waals surface area contributed by atoms with E-state index in [9.17, 15) is 9.36 Å². The first kappa shape index (κ1) is 16.9. The SMILES string of the molecule is COC(OC(C)CN1c2nc[nH]c2C(=O)NC1N)P(=O)(O)O. The van der Waals surface area contributed by atoms with Gasteiger partial charge in [0.25, 0.3) is 11.9 Å². The highest BCUT2D eigenvalue weighted by atomic mass is 31.2. The second-order valence-electron chi connectivity index (χ2n) is 4.75. The van der Waals surface area contributed by atoms with E-state index in [0.717, 1.165) is 7.11 Å². The van der Waals surface area contributed by atoms with Crippen molar-refractivity contribution in [2.75, 3.05) is 18.6 Å². The molecular formula is C10H18N5O6P. The molecule has 0 saturated heterocycles. The van der Waals surface area contributed by atoms with Crippen LogP contribution < -0.4 is 16.0 Å². The average Bonchev–Trinajstić information content (AvgIpc) is 2.89. The van der Waals surface area contributed by atoms with Gasteiger partial charge < -0.3 is 34.5 Å². The number of aromatic amines is 1. The third-order valence-electron chi connectivity index (χ3n) is 3.01. The van der Waals surface area contributed by atoms with E-state index in [-0.39, 0.29) is 18.1 Å². The van der Waals surface area contributed by atoms with Crippen molar-refractivity contribution in [1.82, 2.24) is 15.3 Å². The van der Waals surface area contributed by atoms with Gasteiger partial charge in [0.15, 0.2) is 12.1 Å². The molecule has 22 heavy (non-hydrogen) atoms. The number of amides is 1. The largest absolute Gasteiger partial charge is 0.381 e. The average molecular weight is 335 g/mol. The van der Waals surface area contributed by atoms with Crippen molar-refractivity contribution in [3.05, 3.63) is 12.0 Å². The molecule has 1 aromatic rings. The Kier molecular flexibility index (Phi) is 4.85. The van der Waals surface area contributed by atoms with Gasteiger partial charge in [-0.3, -0.25) is 15.1 Å². The number of hydrogen-bond acceptors (Lipinski definition) is 7. The maximum absolute atomic E-state index is 11.7. The molecule has 1 aromatic heterocycles. The Morgan fingerprint density at radius 3 is 2.86 bits per heavy atom. The summed E-state index contributed by atoms with van der Waals surface area (Å²) in [7, 11) is -3.41. The summed E-state index contributed by atoms with van der Waals surface area (Å²) in [6, 6.07) is -1.67. The zero-order valence-electron chi connectivity index (χ0n) is 12.0. The fourth-order valence-electron chi connectivity index (χ4n) is 2.08. The Bertz CT molecular complexity index is 588. The van der Waals surface area contributed by atoms with Gasteiger partial charge in [-0.05, 0) is 6.92 Å². The third kappa shape index (κ3) is 3.46. The second-order valence-corrected chi connectivity index (χ2v) is 6.35. The first-order valence-corrected chi connectivity index (χ1v) is 8.02. The standard InChI is InChI=1S/C10H18N5O6P/c1-5(21-10(20-2)22(17,18)19)3-15-7-6(12-4-13-7)8(16)14-9(15)11/h4-5,9-10H,3,11H2,1-2H3,(H,12,13)(H,14,16)(H2,17,18,19). The molecule has 6 N–H and O–H groups in total. The van der Waals surface area contributed by atoms with Crippen LogP contribution in [0.3, 0.4) is 0 Å². The normalized spacial score (nSPS) is 21.2. The maximum atomic E-state index is 11.7. The van der Waals surface area contributed by atoms with Gasteiger partial charge in [0.1, 0.15) is 5.69 Å². The molecule has 0 aliphatic carbocycles. The number of rotatable bonds is 6. The molecule has 2 rings (SSSR count). The summed E-state index contributed by atoms with van der Waals surface area (Å²) in [5.41, 5.74) is 6.10. The zero-order valence-corrected chi connectivity index (χ0v) is 12.9. The Morgan fingerprint density at radius 1 is 1.59 bits per heavy atom. The van der Waals surface area contributed by atoms with Crippen LogP contribution in [0, 0.1) is 0 Å². The van der Waals surface area contributed by atoms with Crippen LogP contribution in [0.25, 0.3) is 0 Å². The Balaban J connectivity index is 2.09. The number of anilines is 1. The molecule has 12 heteroatoms. The minimum absolute atomic E-state index is 0.138. The Labute approximate surface area is 125 Å². The van der Waals surface area contributed by atoms with Gasteiger partial charge in [-0.15, -0.1) is 0 Å². The summed E-state index contributed by atoms with van der Waals surface area (Å²) in [4.78, 5) is 38.2. The lowest BCUT2D eigenvalue weighted by Gasteiger charge is -2.35. The van der Waals surface area contributed by atoms with Crippen LogP contribution in [0.15, 0.2) is 6.33 Å². The monoisotopic (exact) mass is 335 g/mol. The molecule has 3 unspecified atom stereocenters. The summed E-state index contributed by atoms with van der Waals surface area (Å²) < 4.78 is 21.0. The smallest absolute Gasteiger partial charge is 0.346 e. The molecule has 0 spiro atoms. The maximum Gasteiger partial charge on any atom is 0.381 e. The topological polar surface area (TPSA) is 163 Å². The van der Waals surface area contributed by atoms with E-state index in [2.05, 4.69) is 20.0 Å². The molecule has 11 nitrogen and oxygen atoms in total. The summed E-state index contributed by atoms with van der Waals surface area (Å²) in [5.74, 6) is -0.0355. The van der Waals surface area contributed by atoms with E-state index in [1.807, 2.05) is 0 Å². The van der Waals surface area contributed by atoms with Crippen molar-refractivity contribution in [3.8, 4) is 0 Å². The fraction of sp³-hybridized carbons (Fsp3) is 0.600. The molecule has 2 heterocycles. The van der Waals surface area contributed by atoms with E-state index in [1.54, 1.807) is 11.8 Å². The Hall–Kier alpha value is -1.49. The highest BCUT2D eigenvalue weighted by Gasteiger charge is 2.35. The number of aromatic nitrogens is 2. The minimum atomic E-state index is -4.55. The van der Waals surface area contributed by atoms with Gasteiger partial charge in [-0.2, -0.15) is 0 Å². The molecule has 124 valence electrons. The van der Waals surface area contributed by atoms with Gasteiger partial charge in [0, 0.05) is 13.7 Å². The van der Waals surface area contributed by atoms with Crippen LogP contribution in [0.2, 0.25) is 0 Å². The summed E-state index contributed by atoms with van der Waals surface area (Å²) in [5, 5.41) is 2.53. The molecule has 0 aromatic carbocycles. The van der Waals surface area contributed by atoms with Crippen molar-refractivity contribution in [3.63, 3.8) is 0 Å². The van der Waals surface area contributed by atoms with Crippen LogP contribution in [0.4, 0.5) is 5.82 Å². The first-order valence-electron chi connectivity index (χ1n) is 6.34. The number of nitrogens with two attached hydrogens (primary N) is 1. The van der Waals surface area contributed by atoms with Gasteiger partial charge in [-0.1, -0.05) is 0 Å². The summed E-state index contributed by atoms with van der Waals surface area (Å²) >= 11 is 0. The highest BCUT2D eigenvalue weighted by Crippen LogP contribution is 2.42. The lowest BCUT2D eigenvalue weighted by molar-refractivity contribution is -0.108. The highest BCUT2D eigenvalue weighted by molar-refractivity contribution is 7.52. The Morgan fingerprint density at radius 2 is 2.27 bits per heavy atom. The van der Waals surface area contributed by atoms with E-state index in [0.29, 0.717) is 5.82 Å². The van der Waals surface area contributed by atoms with Crippen molar-refractivity contribution >= 4 is 19.3 Å². The molecule has 3 atom stereocenters. The third-order valence-corrected chi connectivity index (χ3v) is 3.89. The van der Waals surface area contributed by atoms with Crippen molar-refractivity contribution in [2.24, 2.45) is 5.73 Å². The van der Waals surface area contributed by atoms with E-state index in [1.165, 1.54) is 6.33 Å². The van der Waals surface area contributed by atoms with Gasteiger partial charge in [0.2, 0.25) is 0 Å². The molecule has 1 aliphatic heterocycles. The molecule has 0 fully saturated rings. The molecular weight excluding hydrogens is 317 g/mol. The number of carbonyl (C=O) groups excluding carboxylic acids is 1. The van der Waals surface area contributed by atoms with Crippen molar-refractivity contribution in [2.45, 2.75) is 25.3 Å². The number of nitrogens with zero attached hydrogens (tertiary/aromatic N) is 2. The molecule has 0 radical (unpaired) electrons. The number of hydrogen-bond donors (Lipinski definition) is 5. The van der Waals surface area contributed by atoms with Crippen LogP contribution >= 0.6 is 7.60 Å². The van der Waals surface area contributed by atoms with Crippen LogP contribution in [0.1, 0.15) is 17.4 Å². The lowest BCUT2D eigenvalue weighted by atomic mass is 10.2. The summed E-state index contributed by atoms with van der Waals surface area (Å²) in [6.45, 7) is 1.73. The lowest BCUT2D eigenvalue weighted by Crippen LogP contribution is -2.59. The van der Waals surface area contributed by atoms with Crippen LogP contribution in [0.5, 0.6) is 0 Å². The predicted molar refractivity (Wildman–Crippen MR) is 74.8 cm³/mol. The number of fused-ring (bicyclic) bond motifs is 1. The van der Waals surface area contributed by atoms with E-state index < -0.39 is 26.0 Å². The van der Waals surface area contributed by atoms with Crippen molar-refractivity contribution in [1.29, 1.82) is 0 Å². The van der Waals surface area contributed by atoms with Gasteiger partial charge in [-0.25, -0.2) is 4.98 Å². The molecule has 0 saturated carbocycles. The number of methoxy groups -OCH3 is 1. The van der Waals surface area contributed by atoms with E-state index >= 15 is 0 Å². The predicted octanol–water partition coefficient (Wildman–Crippen LogP) is -1.29. The van der Waals surface area contributed by atoms with E-state index in [4.69, 9.17) is 20.3 Å². The number of nitrogens with one attached hydrogen (secondary N) is 2. The van der Waals surface area contributed by atoms with Gasteiger partial charge >= 0.3 is 7.60 Å². The summed E-state index contributed by atoms with van der Waals surface area (Å²) in [6.07, 6.45) is -0.123. The fourth-order valence-corrected chi connectivity index (χ4v) is 2.72. The van der Waals surface area contributed by atoms with Crippen LogP contribution in [-0.2, 0) is 14.0 Å². The molecule has 1 aliphatic rings. The number of carbonyl (C=O) groups is 1. The minimum Gasteiger partial charge on any atom is -0.346 e. The van der Waals surface area contributed by atoms with Crippen molar-refractivity contribution < 1.29 is 28.6 Å². The zero-order chi connectivity index (χ0) is 16.5. The van der Waals surface area contributed by atoms with Gasteiger partial charge in [0.05, 0.1) is 12.4 Å². The number of ether oxygens (including phenoxy) is 2.